The Kier molecular flexibility index (Phi) is 5.77. The van der Waals surface area contributed by atoms with Gasteiger partial charge in [0.05, 0.1) is 17.7 Å². The van der Waals surface area contributed by atoms with Gasteiger partial charge in [0, 0.05) is 30.9 Å². The van der Waals surface area contributed by atoms with Crippen LogP contribution in [0.5, 0.6) is 0 Å². The van der Waals surface area contributed by atoms with Crippen molar-refractivity contribution < 1.29 is 9.90 Å². The van der Waals surface area contributed by atoms with Crippen LogP contribution in [0.15, 0.2) is 24.3 Å². The van der Waals surface area contributed by atoms with Gasteiger partial charge in [-0.2, -0.15) is 5.26 Å². The fourth-order valence-corrected chi connectivity index (χ4v) is 3.66. The van der Waals surface area contributed by atoms with Crippen molar-refractivity contribution in [2.75, 3.05) is 18.0 Å². The molecular formula is C19H26N4O2. The molecule has 25 heavy (non-hydrogen) atoms. The fourth-order valence-electron chi connectivity index (χ4n) is 3.66. The molecule has 2 amide bonds. The number of aliphatic hydroxyl groups is 1. The number of aliphatic hydroxyl groups excluding tert-OH is 1. The van der Waals surface area contributed by atoms with Crippen molar-refractivity contribution >= 4 is 11.7 Å². The number of carbonyl (C=O) groups excluding carboxylic acids is 1. The molecule has 2 fully saturated rings. The smallest absolute Gasteiger partial charge is 0.315 e. The van der Waals surface area contributed by atoms with Gasteiger partial charge in [-0.3, -0.25) is 0 Å². The number of urea groups is 1. The summed E-state index contributed by atoms with van der Waals surface area (Å²) in [6.07, 6.45) is 4.88. The summed E-state index contributed by atoms with van der Waals surface area (Å²) < 4.78 is 0. The first kappa shape index (κ1) is 17.6. The van der Waals surface area contributed by atoms with Crippen LogP contribution in [-0.2, 0) is 0 Å². The summed E-state index contributed by atoms with van der Waals surface area (Å²) in [5.41, 5.74) is 1.80. The molecule has 1 heterocycles. The maximum absolute atomic E-state index is 12.2. The zero-order valence-corrected chi connectivity index (χ0v) is 14.4. The van der Waals surface area contributed by atoms with Gasteiger partial charge in [-0.25, -0.2) is 4.79 Å². The minimum Gasteiger partial charge on any atom is -0.393 e. The van der Waals surface area contributed by atoms with Crippen molar-refractivity contribution in [2.45, 2.75) is 56.7 Å². The Morgan fingerprint density at radius 3 is 2.12 bits per heavy atom. The number of anilines is 1. The van der Waals surface area contributed by atoms with Gasteiger partial charge in [0.15, 0.2) is 0 Å². The van der Waals surface area contributed by atoms with Crippen molar-refractivity contribution in [3.63, 3.8) is 0 Å². The summed E-state index contributed by atoms with van der Waals surface area (Å²) in [4.78, 5) is 14.4. The van der Waals surface area contributed by atoms with E-state index >= 15 is 0 Å². The van der Waals surface area contributed by atoms with Crippen LogP contribution < -0.4 is 15.5 Å². The van der Waals surface area contributed by atoms with Crippen molar-refractivity contribution in [3.8, 4) is 6.07 Å². The van der Waals surface area contributed by atoms with E-state index in [1.165, 1.54) is 0 Å². The first-order valence-corrected chi connectivity index (χ1v) is 9.14. The predicted octanol–water partition coefficient (Wildman–Crippen LogP) is 2.13. The monoisotopic (exact) mass is 342 g/mol. The van der Waals surface area contributed by atoms with Gasteiger partial charge in [0.25, 0.3) is 0 Å². The number of hydrogen-bond donors (Lipinski definition) is 3. The van der Waals surface area contributed by atoms with E-state index in [1.54, 1.807) is 0 Å². The second-order valence-electron chi connectivity index (χ2n) is 7.04. The van der Waals surface area contributed by atoms with Gasteiger partial charge in [-0.05, 0) is 62.8 Å². The van der Waals surface area contributed by atoms with Gasteiger partial charge in [-0.15, -0.1) is 0 Å². The normalized spacial score (nSPS) is 24.4. The van der Waals surface area contributed by atoms with Crippen LogP contribution in [0.1, 0.15) is 44.1 Å². The lowest BCUT2D eigenvalue weighted by atomic mass is 9.93. The number of nitrogens with one attached hydrogen (secondary N) is 2. The highest BCUT2D eigenvalue weighted by atomic mass is 16.3. The molecule has 0 radical (unpaired) electrons. The largest absolute Gasteiger partial charge is 0.393 e. The molecule has 6 heteroatoms. The summed E-state index contributed by atoms with van der Waals surface area (Å²) in [5.74, 6) is 0. The minimum absolute atomic E-state index is 0.0850. The molecular weight excluding hydrogens is 316 g/mol. The van der Waals surface area contributed by atoms with Crippen molar-refractivity contribution in [2.24, 2.45) is 0 Å². The number of carbonyl (C=O) groups is 1. The van der Waals surface area contributed by atoms with E-state index in [-0.39, 0.29) is 24.2 Å². The topological polar surface area (TPSA) is 88.4 Å². The number of amides is 2. The zero-order valence-electron chi connectivity index (χ0n) is 14.4. The van der Waals surface area contributed by atoms with Crippen molar-refractivity contribution in [1.82, 2.24) is 10.6 Å². The number of piperidine rings is 1. The highest BCUT2D eigenvalue weighted by Crippen LogP contribution is 2.21. The molecule has 0 spiro atoms. The Labute approximate surface area is 148 Å². The molecule has 1 aliphatic heterocycles. The molecule has 1 aromatic carbocycles. The maximum Gasteiger partial charge on any atom is 0.315 e. The molecule has 0 unspecified atom stereocenters. The second kappa shape index (κ2) is 8.21. The van der Waals surface area contributed by atoms with E-state index in [1.807, 2.05) is 24.3 Å². The molecule has 1 aromatic rings. The Bertz CT molecular complexity index is 609. The van der Waals surface area contributed by atoms with Crippen LogP contribution in [0, 0.1) is 11.3 Å². The summed E-state index contributed by atoms with van der Waals surface area (Å²) in [6.45, 7) is 1.79. The average Bonchev–Trinajstić information content (AvgIpc) is 2.64. The zero-order chi connectivity index (χ0) is 17.6. The second-order valence-corrected chi connectivity index (χ2v) is 7.04. The summed E-state index contributed by atoms with van der Waals surface area (Å²) >= 11 is 0. The number of rotatable bonds is 3. The Morgan fingerprint density at radius 2 is 1.56 bits per heavy atom. The first-order chi connectivity index (χ1) is 12.1. The maximum atomic E-state index is 12.2. The standard InChI is InChI=1S/C19H26N4O2/c20-13-14-1-5-17(6-2-14)23-11-9-16(10-12-23)22-19(25)21-15-3-7-18(24)8-4-15/h1-2,5-6,15-16,18,24H,3-4,7-12H2,(H2,21,22,25). The predicted molar refractivity (Wildman–Crippen MR) is 96.3 cm³/mol. The SMILES string of the molecule is N#Cc1ccc(N2CCC(NC(=O)NC3CCC(O)CC3)CC2)cc1. The molecule has 1 saturated heterocycles. The Balaban J connectivity index is 1.41. The highest BCUT2D eigenvalue weighted by Gasteiger charge is 2.24. The Morgan fingerprint density at radius 1 is 1.00 bits per heavy atom. The molecule has 134 valence electrons. The van der Waals surface area contributed by atoms with Crippen molar-refractivity contribution in [3.05, 3.63) is 29.8 Å². The molecule has 0 atom stereocenters. The third kappa shape index (κ3) is 4.86. The van der Waals surface area contributed by atoms with E-state index in [0.29, 0.717) is 5.56 Å². The molecule has 2 aliphatic rings. The minimum atomic E-state index is -0.201. The van der Waals surface area contributed by atoms with Crippen LogP contribution in [-0.4, -0.2) is 42.4 Å². The number of hydrogen-bond acceptors (Lipinski definition) is 4. The summed E-state index contributed by atoms with van der Waals surface area (Å²) in [6, 6.07) is 10.1. The lowest BCUT2D eigenvalue weighted by molar-refractivity contribution is 0.117. The first-order valence-electron chi connectivity index (χ1n) is 9.14. The molecule has 6 nitrogen and oxygen atoms in total. The van der Waals surface area contributed by atoms with Crippen LogP contribution in [0.4, 0.5) is 10.5 Å². The van der Waals surface area contributed by atoms with Crippen molar-refractivity contribution in [1.29, 1.82) is 5.26 Å². The van der Waals surface area contributed by atoms with Gasteiger partial charge in [-0.1, -0.05) is 0 Å². The number of nitriles is 1. The molecule has 3 N–H and O–H groups in total. The summed E-state index contributed by atoms with van der Waals surface area (Å²) in [5, 5.41) is 24.5. The molecule has 3 rings (SSSR count). The van der Waals surface area contributed by atoms with Gasteiger partial charge in [0.2, 0.25) is 0 Å². The van der Waals surface area contributed by atoms with E-state index in [4.69, 9.17) is 5.26 Å². The quantitative estimate of drug-likeness (QED) is 0.785. The lowest BCUT2D eigenvalue weighted by Crippen LogP contribution is -2.50. The molecule has 0 aromatic heterocycles. The molecule has 1 saturated carbocycles. The van der Waals surface area contributed by atoms with E-state index < -0.39 is 0 Å². The lowest BCUT2D eigenvalue weighted by Gasteiger charge is -2.34. The Hall–Kier alpha value is -2.26. The van der Waals surface area contributed by atoms with Crippen LogP contribution >= 0.6 is 0 Å². The van der Waals surface area contributed by atoms with E-state index in [0.717, 1.165) is 57.3 Å². The number of nitrogens with zero attached hydrogens (tertiary/aromatic N) is 2. The molecule has 1 aliphatic carbocycles. The van der Waals surface area contributed by atoms with Gasteiger partial charge < -0.3 is 20.6 Å². The average molecular weight is 342 g/mol. The molecule has 0 bridgehead atoms. The third-order valence-electron chi connectivity index (χ3n) is 5.22. The highest BCUT2D eigenvalue weighted by molar-refractivity contribution is 5.74. The van der Waals surface area contributed by atoms with Crippen LogP contribution in [0.2, 0.25) is 0 Å². The summed E-state index contributed by atoms with van der Waals surface area (Å²) in [7, 11) is 0. The van der Waals surface area contributed by atoms with E-state index in [2.05, 4.69) is 21.6 Å². The van der Waals surface area contributed by atoms with E-state index in [9.17, 15) is 9.90 Å². The van der Waals surface area contributed by atoms with Gasteiger partial charge in [0.1, 0.15) is 0 Å². The fraction of sp³-hybridized carbons (Fsp3) is 0.579. The van der Waals surface area contributed by atoms with Crippen LogP contribution in [0.25, 0.3) is 0 Å². The van der Waals surface area contributed by atoms with Gasteiger partial charge >= 0.3 is 6.03 Å². The van der Waals surface area contributed by atoms with Crippen LogP contribution in [0.3, 0.4) is 0 Å². The third-order valence-corrected chi connectivity index (χ3v) is 5.22. The number of benzene rings is 1.